The molecule has 5 nitrogen and oxygen atoms in total. The summed E-state index contributed by atoms with van der Waals surface area (Å²) < 4.78 is 5.15. The van der Waals surface area contributed by atoms with E-state index in [1.165, 1.54) is 5.56 Å². The van der Waals surface area contributed by atoms with Crippen LogP contribution in [-0.2, 0) is 16.8 Å². The highest BCUT2D eigenvalue weighted by Crippen LogP contribution is 2.22. The van der Waals surface area contributed by atoms with E-state index in [0.717, 1.165) is 16.8 Å². The van der Waals surface area contributed by atoms with Crippen LogP contribution >= 0.6 is 0 Å². The zero-order valence-corrected chi connectivity index (χ0v) is 15.4. The number of rotatable bonds is 5. The quantitative estimate of drug-likeness (QED) is 0.658. The normalized spacial score (nSPS) is 11.5. The number of aromatic nitrogens is 1. The summed E-state index contributed by atoms with van der Waals surface area (Å²) in [6.07, 6.45) is 1.72. The van der Waals surface area contributed by atoms with Crippen molar-refractivity contribution in [1.82, 2.24) is 4.98 Å². The first-order valence-electron chi connectivity index (χ1n) is 8.14. The van der Waals surface area contributed by atoms with Gasteiger partial charge in [0.25, 0.3) is 0 Å². The van der Waals surface area contributed by atoms with Gasteiger partial charge in [0.2, 0.25) is 0 Å². The molecule has 1 aromatic carbocycles. The number of hydrogen-bond donors (Lipinski definition) is 1. The van der Waals surface area contributed by atoms with Gasteiger partial charge in [0.05, 0.1) is 12.8 Å². The van der Waals surface area contributed by atoms with Crippen LogP contribution in [0.15, 0.2) is 35.4 Å². The molecular weight excluding hydrogens is 312 g/mol. The Morgan fingerprint density at radius 1 is 1.28 bits per heavy atom. The summed E-state index contributed by atoms with van der Waals surface area (Å²) in [5, 5.41) is 13.6. The van der Waals surface area contributed by atoms with Gasteiger partial charge in [0.15, 0.2) is 5.82 Å². The van der Waals surface area contributed by atoms with Crippen LogP contribution in [0.25, 0.3) is 0 Å². The van der Waals surface area contributed by atoms with Crippen LogP contribution in [0.1, 0.15) is 48.7 Å². The summed E-state index contributed by atoms with van der Waals surface area (Å²) in [5.74, 6) is 0.442. The van der Waals surface area contributed by atoms with Crippen molar-refractivity contribution in [2.75, 3.05) is 12.5 Å². The lowest BCUT2D eigenvalue weighted by Gasteiger charge is -2.18. The third-order valence-electron chi connectivity index (χ3n) is 3.80. The topological polar surface area (TPSA) is 70.3 Å². The van der Waals surface area contributed by atoms with Gasteiger partial charge < -0.3 is 4.74 Å². The molecule has 0 bridgehead atoms. The smallest absolute Gasteiger partial charge is 0.164 e. The predicted octanol–water partition coefficient (Wildman–Crippen LogP) is 4.15. The van der Waals surface area contributed by atoms with Crippen molar-refractivity contribution in [2.24, 2.45) is 5.10 Å². The molecule has 2 rings (SSSR count). The summed E-state index contributed by atoms with van der Waals surface area (Å²) in [4.78, 5) is 4.36. The highest BCUT2D eigenvalue weighted by atomic mass is 16.5. The Labute approximate surface area is 149 Å². The van der Waals surface area contributed by atoms with E-state index in [-0.39, 0.29) is 5.41 Å². The van der Waals surface area contributed by atoms with Crippen molar-refractivity contribution in [3.8, 4) is 6.07 Å². The number of nitrogens with zero attached hydrogens (tertiary/aromatic N) is 3. The molecule has 0 radical (unpaired) electrons. The zero-order chi connectivity index (χ0) is 18.4. The molecule has 5 heteroatoms. The molecule has 0 aliphatic heterocycles. The van der Waals surface area contributed by atoms with Crippen molar-refractivity contribution < 1.29 is 4.74 Å². The maximum atomic E-state index is 9.40. The molecule has 25 heavy (non-hydrogen) atoms. The molecule has 0 amide bonds. The standard InChI is InChI=1S/C20H24N4O/c1-14-10-16(13-25-5)18(11-21)19(23-14)24-22-12-15-6-8-17(9-7-15)20(2,3)4/h6-10,12H,13H2,1-5H3,(H,23,24). The first kappa shape index (κ1) is 18.6. The molecule has 0 aliphatic carbocycles. The van der Waals surface area contributed by atoms with Gasteiger partial charge in [-0.2, -0.15) is 10.4 Å². The minimum absolute atomic E-state index is 0.124. The summed E-state index contributed by atoms with van der Waals surface area (Å²) in [7, 11) is 1.60. The highest BCUT2D eigenvalue weighted by Gasteiger charge is 2.13. The fourth-order valence-corrected chi connectivity index (χ4v) is 2.45. The number of hydrogen-bond acceptors (Lipinski definition) is 5. The Bertz CT molecular complexity index is 796. The fraction of sp³-hybridized carbons (Fsp3) is 0.350. The number of hydrazone groups is 1. The first-order chi connectivity index (χ1) is 11.8. The lowest BCUT2D eigenvalue weighted by atomic mass is 9.87. The average Bonchev–Trinajstić information content (AvgIpc) is 2.54. The largest absolute Gasteiger partial charge is 0.380 e. The van der Waals surface area contributed by atoms with E-state index in [4.69, 9.17) is 4.74 Å². The second-order valence-electron chi connectivity index (χ2n) is 6.93. The Morgan fingerprint density at radius 3 is 2.52 bits per heavy atom. The molecule has 0 saturated heterocycles. The summed E-state index contributed by atoms with van der Waals surface area (Å²) >= 11 is 0. The predicted molar refractivity (Wildman–Crippen MR) is 101 cm³/mol. The number of nitrogens with one attached hydrogen (secondary N) is 1. The van der Waals surface area contributed by atoms with Gasteiger partial charge in [-0.25, -0.2) is 4.98 Å². The molecule has 0 aliphatic rings. The lowest BCUT2D eigenvalue weighted by molar-refractivity contribution is 0.184. The number of aryl methyl sites for hydroxylation is 1. The summed E-state index contributed by atoms with van der Waals surface area (Å²) in [6, 6.07) is 12.3. The van der Waals surface area contributed by atoms with E-state index in [9.17, 15) is 5.26 Å². The van der Waals surface area contributed by atoms with Crippen LogP contribution in [0.5, 0.6) is 0 Å². The second-order valence-corrected chi connectivity index (χ2v) is 6.93. The van der Waals surface area contributed by atoms with Crippen molar-refractivity contribution in [3.63, 3.8) is 0 Å². The van der Waals surface area contributed by atoms with E-state index >= 15 is 0 Å². The number of methoxy groups -OCH3 is 1. The number of ether oxygens (including phenoxy) is 1. The average molecular weight is 336 g/mol. The van der Waals surface area contributed by atoms with Gasteiger partial charge in [-0.15, -0.1) is 0 Å². The van der Waals surface area contributed by atoms with Crippen LogP contribution in [-0.4, -0.2) is 18.3 Å². The zero-order valence-electron chi connectivity index (χ0n) is 15.4. The third kappa shape index (κ3) is 4.88. The molecule has 0 spiro atoms. The Hall–Kier alpha value is -2.71. The second kappa shape index (κ2) is 7.91. The molecule has 1 aromatic heterocycles. The summed E-state index contributed by atoms with van der Waals surface area (Å²) in [5.41, 5.74) is 7.30. The maximum absolute atomic E-state index is 9.40. The minimum Gasteiger partial charge on any atom is -0.380 e. The minimum atomic E-state index is 0.124. The number of pyridine rings is 1. The maximum Gasteiger partial charge on any atom is 0.164 e. The monoisotopic (exact) mass is 336 g/mol. The van der Waals surface area contributed by atoms with Crippen LogP contribution in [0.3, 0.4) is 0 Å². The first-order valence-corrected chi connectivity index (χ1v) is 8.14. The third-order valence-corrected chi connectivity index (χ3v) is 3.80. The van der Waals surface area contributed by atoms with Gasteiger partial charge >= 0.3 is 0 Å². The van der Waals surface area contributed by atoms with E-state index in [1.54, 1.807) is 13.3 Å². The molecule has 0 fully saturated rings. The van der Waals surface area contributed by atoms with Crippen LogP contribution in [0.2, 0.25) is 0 Å². The Morgan fingerprint density at radius 2 is 1.96 bits per heavy atom. The molecule has 1 heterocycles. The van der Waals surface area contributed by atoms with Gasteiger partial charge in [-0.3, -0.25) is 5.43 Å². The fourth-order valence-electron chi connectivity index (χ4n) is 2.45. The SMILES string of the molecule is COCc1cc(C)nc(NN=Cc2ccc(C(C)(C)C)cc2)c1C#N. The summed E-state index contributed by atoms with van der Waals surface area (Å²) in [6.45, 7) is 8.78. The van der Waals surface area contributed by atoms with Crippen molar-refractivity contribution in [2.45, 2.75) is 39.7 Å². The van der Waals surface area contributed by atoms with Gasteiger partial charge in [-0.1, -0.05) is 45.0 Å². The molecule has 0 unspecified atom stereocenters. The number of benzene rings is 1. The van der Waals surface area contributed by atoms with Gasteiger partial charge in [-0.05, 0) is 29.5 Å². The van der Waals surface area contributed by atoms with Crippen molar-refractivity contribution in [1.29, 1.82) is 5.26 Å². The van der Waals surface area contributed by atoms with E-state index < -0.39 is 0 Å². The molecule has 2 aromatic rings. The van der Waals surface area contributed by atoms with E-state index in [0.29, 0.717) is 18.0 Å². The number of nitriles is 1. The molecule has 0 atom stereocenters. The van der Waals surface area contributed by atoms with Crippen molar-refractivity contribution >= 4 is 12.0 Å². The van der Waals surface area contributed by atoms with Gasteiger partial charge in [0.1, 0.15) is 11.6 Å². The Balaban J connectivity index is 2.18. The molecular formula is C20H24N4O. The van der Waals surface area contributed by atoms with E-state index in [2.05, 4.69) is 54.5 Å². The van der Waals surface area contributed by atoms with Crippen LogP contribution in [0, 0.1) is 18.3 Å². The van der Waals surface area contributed by atoms with Crippen molar-refractivity contribution in [3.05, 3.63) is 58.3 Å². The van der Waals surface area contributed by atoms with Crippen LogP contribution < -0.4 is 5.43 Å². The van der Waals surface area contributed by atoms with Crippen LogP contribution in [0.4, 0.5) is 5.82 Å². The van der Waals surface area contributed by atoms with E-state index in [1.807, 2.05) is 25.1 Å². The molecule has 0 saturated carbocycles. The molecule has 130 valence electrons. The highest BCUT2D eigenvalue weighted by molar-refractivity contribution is 5.80. The number of anilines is 1. The Kier molecular flexibility index (Phi) is 5.89. The lowest BCUT2D eigenvalue weighted by Crippen LogP contribution is -2.10. The molecule has 1 N–H and O–H groups in total. The van der Waals surface area contributed by atoms with Gasteiger partial charge in [0, 0.05) is 18.4 Å².